The molecule has 0 saturated heterocycles. The SMILES string of the molecule is CN(c1cccc(C(N)=S)c1)S(=O)(=O)c1ccccc1Br. The number of anilines is 1. The number of hydrogen-bond donors (Lipinski definition) is 1. The molecule has 4 nitrogen and oxygen atoms in total. The maximum Gasteiger partial charge on any atom is 0.265 e. The summed E-state index contributed by atoms with van der Waals surface area (Å²) in [5.74, 6) is 0. The van der Waals surface area contributed by atoms with Gasteiger partial charge >= 0.3 is 0 Å². The summed E-state index contributed by atoms with van der Waals surface area (Å²) in [4.78, 5) is 0.428. The van der Waals surface area contributed by atoms with E-state index in [9.17, 15) is 8.42 Å². The lowest BCUT2D eigenvalue weighted by Gasteiger charge is -2.20. The molecular weight excluding hydrogens is 372 g/mol. The Bertz CT molecular complexity index is 791. The first-order valence-electron chi connectivity index (χ1n) is 5.97. The Balaban J connectivity index is 2.48. The van der Waals surface area contributed by atoms with Crippen molar-refractivity contribution in [3.05, 3.63) is 58.6 Å². The van der Waals surface area contributed by atoms with E-state index in [-0.39, 0.29) is 9.88 Å². The lowest BCUT2D eigenvalue weighted by Crippen LogP contribution is -2.27. The highest BCUT2D eigenvalue weighted by Crippen LogP contribution is 2.27. The van der Waals surface area contributed by atoms with Crippen molar-refractivity contribution in [2.45, 2.75) is 4.90 Å². The predicted molar refractivity (Wildman–Crippen MR) is 92.1 cm³/mol. The van der Waals surface area contributed by atoms with E-state index in [1.165, 1.54) is 11.4 Å². The fourth-order valence-corrected chi connectivity index (χ4v) is 4.07. The molecule has 0 aliphatic heterocycles. The van der Waals surface area contributed by atoms with Gasteiger partial charge in [0.05, 0.1) is 5.69 Å². The van der Waals surface area contributed by atoms with Gasteiger partial charge in [-0.05, 0) is 40.2 Å². The zero-order chi connectivity index (χ0) is 15.6. The summed E-state index contributed by atoms with van der Waals surface area (Å²) < 4.78 is 27.1. The molecule has 7 heteroatoms. The van der Waals surface area contributed by atoms with E-state index >= 15 is 0 Å². The number of hydrogen-bond acceptors (Lipinski definition) is 3. The maximum atomic E-state index is 12.7. The van der Waals surface area contributed by atoms with Gasteiger partial charge in [-0.1, -0.05) is 36.5 Å². The average molecular weight is 385 g/mol. The van der Waals surface area contributed by atoms with Crippen LogP contribution in [-0.4, -0.2) is 20.5 Å². The van der Waals surface area contributed by atoms with Crippen molar-refractivity contribution in [1.29, 1.82) is 0 Å². The topological polar surface area (TPSA) is 63.4 Å². The fraction of sp³-hybridized carbons (Fsp3) is 0.0714. The third-order valence-corrected chi connectivity index (χ3v) is 6.00. The number of sulfonamides is 1. The number of nitrogens with zero attached hydrogens (tertiary/aromatic N) is 1. The van der Waals surface area contributed by atoms with Crippen LogP contribution in [0.4, 0.5) is 5.69 Å². The van der Waals surface area contributed by atoms with Crippen LogP contribution < -0.4 is 10.0 Å². The van der Waals surface area contributed by atoms with E-state index in [1.54, 1.807) is 48.5 Å². The van der Waals surface area contributed by atoms with Gasteiger partial charge in [-0.3, -0.25) is 4.31 Å². The summed E-state index contributed by atoms with van der Waals surface area (Å²) in [6.45, 7) is 0. The molecule has 2 aromatic carbocycles. The normalized spacial score (nSPS) is 11.1. The molecule has 2 aromatic rings. The van der Waals surface area contributed by atoms with E-state index in [0.717, 1.165) is 0 Å². The highest BCUT2D eigenvalue weighted by atomic mass is 79.9. The number of rotatable bonds is 4. The van der Waals surface area contributed by atoms with E-state index in [0.29, 0.717) is 15.7 Å². The molecule has 0 unspecified atom stereocenters. The second kappa shape index (κ2) is 6.13. The largest absolute Gasteiger partial charge is 0.389 e. The molecule has 0 aliphatic carbocycles. The second-order valence-electron chi connectivity index (χ2n) is 4.32. The molecule has 2 rings (SSSR count). The summed E-state index contributed by atoms with van der Waals surface area (Å²) in [7, 11) is -2.17. The molecule has 0 amide bonds. The van der Waals surface area contributed by atoms with E-state index in [1.807, 2.05) is 0 Å². The van der Waals surface area contributed by atoms with Crippen LogP contribution in [0.3, 0.4) is 0 Å². The van der Waals surface area contributed by atoms with Crippen molar-refractivity contribution in [2.75, 3.05) is 11.4 Å². The van der Waals surface area contributed by atoms with Gasteiger partial charge in [-0.2, -0.15) is 0 Å². The lowest BCUT2D eigenvalue weighted by molar-refractivity contribution is 0.594. The summed E-state index contributed by atoms with van der Waals surface area (Å²) >= 11 is 8.18. The lowest BCUT2D eigenvalue weighted by atomic mass is 10.2. The number of halogens is 1. The Kier molecular flexibility index (Phi) is 4.65. The molecule has 0 radical (unpaired) electrons. The van der Waals surface area contributed by atoms with Gasteiger partial charge in [0.1, 0.15) is 9.88 Å². The van der Waals surface area contributed by atoms with Crippen molar-refractivity contribution < 1.29 is 8.42 Å². The van der Waals surface area contributed by atoms with Gasteiger partial charge in [0.15, 0.2) is 0 Å². The standard InChI is InChI=1S/C14H13BrN2O2S2/c1-17(11-6-4-5-10(9-11)14(16)20)21(18,19)13-8-3-2-7-12(13)15/h2-9H,1H3,(H2,16,20). The van der Waals surface area contributed by atoms with Crippen LogP contribution in [0.25, 0.3) is 0 Å². The number of thiocarbonyl (C=S) groups is 1. The van der Waals surface area contributed by atoms with Crippen molar-refractivity contribution in [3.8, 4) is 0 Å². The van der Waals surface area contributed by atoms with Crippen LogP contribution in [0.2, 0.25) is 0 Å². The van der Waals surface area contributed by atoms with Crippen molar-refractivity contribution in [2.24, 2.45) is 5.73 Å². The van der Waals surface area contributed by atoms with E-state index in [4.69, 9.17) is 18.0 Å². The molecule has 0 fully saturated rings. The Labute approximate surface area is 137 Å². The molecule has 0 aromatic heterocycles. The van der Waals surface area contributed by atoms with Crippen molar-refractivity contribution in [1.82, 2.24) is 0 Å². The van der Waals surface area contributed by atoms with Crippen LogP contribution in [0.1, 0.15) is 5.56 Å². The fourth-order valence-electron chi connectivity index (χ4n) is 1.80. The second-order valence-corrected chi connectivity index (χ2v) is 7.55. The Morgan fingerprint density at radius 1 is 1.19 bits per heavy atom. The monoisotopic (exact) mass is 384 g/mol. The van der Waals surface area contributed by atoms with Gasteiger partial charge in [-0.25, -0.2) is 8.42 Å². The van der Waals surface area contributed by atoms with Crippen molar-refractivity contribution >= 4 is 48.8 Å². The molecule has 110 valence electrons. The molecule has 0 atom stereocenters. The smallest absolute Gasteiger partial charge is 0.265 e. The molecule has 0 bridgehead atoms. The number of nitrogens with two attached hydrogens (primary N) is 1. The highest BCUT2D eigenvalue weighted by molar-refractivity contribution is 9.10. The first-order valence-corrected chi connectivity index (χ1v) is 8.61. The van der Waals surface area contributed by atoms with Crippen LogP contribution >= 0.6 is 28.1 Å². The van der Waals surface area contributed by atoms with E-state index < -0.39 is 10.0 Å². The van der Waals surface area contributed by atoms with Crippen LogP contribution in [0, 0.1) is 0 Å². The van der Waals surface area contributed by atoms with E-state index in [2.05, 4.69) is 15.9 Å². The minimum atomic E-state index is -3.66. The summed E-state index contributed by atoms with van der Waals surface area (Å²) in [6, 6.07) is 13.5. The van der Waals surface area contributed by atoms with Gasteiger partial charge in [-0.15, -0.1) is 0 Å². The Morgan fingerprint density at radius 2 is 1.86 bits per heavy atom. The minimum absolute atomic E-state index is 0.202. The quantitative estimate of drug-likeness (QED) is 0.823. The molecule has 21 heavy (non-hydrogen) atoms. The van der Waals surface area contributed by atoms with Crippen molar-refractivity contribution in [3.63, 3.8) is 0 Å². The maximum absolute atomic E-state index is 12.7. The first kappa shape index (κ1) is 15.9. The predicted octanol–water partition coefficient (Wildman–Crippen LogP) is 2.91. The average Bonchev–Trinajstić information content (AvgIpc) is 2.46. The third-order valence-electron chi connectivity index (χ3n) is 2.97. The summed E-state index contributed by atoms with van der Waals surface area (Å²) in [5, 5.41) is 0. The molecule has 0 aliphatic rings. The summed E-state index contributed by atoms with van der Waals surface area (Å²) in [6.07, 6.45) is 0. The summed E-state index contributed by atoms with van der Waals surface area (Å²) in [5.41, 5.74) is 6.70. The molecule has 0 spiro atoms. The minimum Gasteiger partial charge on any atom is -0.389 e. The zero-order valence-corrected chi connectivity index (χ0v) is 14.4. The van der Waals surface area contributed by atoms with Gasteiger partial charge < -0.3 is 5.73 Å². The first-order chi connectivity index (χ1) is 9.84. The number of benzene rings is 2. The van der Waals surface area contributed by atoms with Crippen LogP contribution in [0.15, 0.2) is 57.9 Å². The Hall–Kier alpha value is -1.44. The molecule has 2 N–H and O–H groups in total. The molecule has 0 heterocycles. The Morgan fingerprint density at radius 3 is 2.48 bits per heavy atom. The molecule has 0 saturated carbocycles. The van der Waals surface area contributed by atoms with Gasteiger partial charge in [0.2, 0.25) is 0 Å². The molecular formula is C14H13BrN2O2S2. The zero-order valence-electron chi connectivity index (χ0n) is 11.2. The van der Waals surface area contributed by atoms with Gasteiger partial charge in [0.25, 0.3) is 10.0 Å². The van der Waals surface area contributed by atoms with Crippen LogP contribution in [0.5, 0.6) is 0 Å². The van der Waals surface area contributed by atoms with Gasteiger partial charge in [0, 0.05) is 17.1 Å². The van der Waals surface area contributed by atoms with Crippen LogP contribution in [-0.2, 0) is 10.0 Å². The highest BCUT2D eigenvalue weighted by Gasteiger charge is 2.23. The third kappa shape index (κ3) is 3.25.